The smallest absolute Gasteiger partial charge is 0.335 e. The number of carboxylic acids is 1. The molecule has 0 aliphatic carbocycles. The number of rotatable bonds is 3. The molecule has 1 aliphatic heterocycles. The van der Waals surface area contributed by atoms with Gasteiger partial charge in [-0.3, -0.25) is 4.79 Å². The highest BCUT2D eigenvalue weighted by molar-refractivity contribution is 5.89. The Labute approximate surface area is 111 Å². The van der Waals surface area contributed by atoms with Gasteiger partial charge in [-0.25, -0.2) is 4.79 Å². The highest BCUT2D eigenvalue weighted by Gasteiger charge is 2.19. The lowest BCUT2D eigenvalue weighted by Crippen LogP contribution is -2.23. The molecule has 1 heterocycles. The standard InChI is InChI=1S/C14H17NO4/c1-19-13(16)8-11-4-2-3-9-5-6-10(14(17)18)7-12(9)15-11/h5-7,11,15H,2-4,8H2,1H3,(H,17,18). The van der Waals surface area contributed by atoms with E-state index in [1.807, 2.05) is 6.07 Å². The second-order valence-electron chi connectivity index (χ2n) is 4.69. The number of anilines is 1. The van der Waals surface area contributed by atoms with Crippen LogP contribution in [0.15, 0.2) is 18.2 Å². The van der Waals surface area contributed by atoms with Crippen molar-refractivity contribution in [2.24, 2.45) is 0 Å². The molecular formula is C14H17NO4. The molecule has 1 atom stereocenters. The van der Waals surface area contributed by atoms with Gasteiger partial charge in [-0.05, 0) is 37.0 Å². The number of esters is 1. The Balaban J connectivity index is 2.19. The molecule has 0 spiro atoms. The molecule has 1 aromatic carbocycles. The molecule has 0 radical (unpaired) electrons. The first kappa shape index (κ1) is 13.4. The molecule has 5 heteroatoms. The van der Waals surface area contributed by atoms with Gasteiger partial charge in [0.05, 0.1) is 19.1 Å². The van der Waals surface area contributed by atoms with Crippen molar-refractivity contribution in [3.63, 3.8) is 0 Å². The van der Waals surface area contributed by atoms with Crippen LogP contribution in [0.25, 0.3) is 0 Å². The maximum atomic E-state index is 11.3. The molecule has 5 nitrogen and oxygen atoms in total. The molecule has 0 fully saturated rings. The molecule has 19 heavy (non-hydrogen) atoms. The lowest BCUT2D eigenvalue weighted by atomic mass is 10.0. The van der Waals surface area contributed by atoms with E-state index < -0.39 is 5.97 Å². The highest BCUT2D eigenvalue weighted by atomic mass is 16.5. The Morgan fingerprint density at radius 2 is 2.26 bits per heavy atom. The van der Waals surface area contributed by atoms with Crippen LogP contribution in [0.5, 0.6) is 0 Å². The minimum atomic E-state index is -0.946. The molecule has 2 rings (SSSR count). The Morgan fingerprint density at radius 3 is 2.95 bits per heavy atom. The number of hydrogen-bond donors (Lipinski definition) is 2. The fourth-order valence-corrected chi connectivity index (χ4v) is 2.33. The number of aryl methyl sites for hydroxylation is 1. The molecule has 0 bridgehead atoms. The zero-order chi connectivity index (χ0) is 13.8. The average Bonchev–Trinajstić information content (AvgIpc) is 2.59. The van der Waals surface area contributed by atoms with Crippen molar-refractivity contribution in [1.29, 1.82) is 0 Å². The van der Waals surface area contributed by atoms with Crippen LogP contribution in [0.2, 0.25) is 0 Å². The van der Waals surface area contributed by atoms with Gasteiger partial charge in [0.25, 0.3) is 0 Å². The third-order valence-electron chi connectivity index (χ3n) is 3.36. The van der Waals surface area contributed by atoms with E-state index in [0.717, 1.165) is 30.5 Å². The largest absolute Gasteiger partial charge is 0.478 e. The van der Waals surface area contributed by atoms with Gasteiger partial charge in [-0.15, -0.1) is 0 Å². The van der Waals surface area contributed by atoms with Gasteiger partial charge in [-0.2, -0.15) is 0 Å². The SMILES string of the molecule is COC(=O)CC1CCCc2ccc(C(=O)O)cc2N1. The van der Waals surface area contributed by atoms with Crippen LogP contribution in [0, 0.1) is 0 Å². The molecule has 102 valence electrons. The lowest BCUT2D eigenvalue weighted by Gasteiger charge is -2.17. The zero-order valence-electron chi connectivity index (χ0n) is 10.8. The molecule has 1 aliphatic rings. The fourth-order valence-electron chi connectivity index (χ4n) is 2.33. The summed E-state index contributed by atoms with van der Waals surface area (Å²) < 4.78 is 4.67. The first-order valence-electron chi connectivity index (χ1n) is 6.29. The van der Waals surface area contributed by atoms with Crippen LogP contribution in [0.4, 0.5) is 5.69 Å². The van der Waals surface area contributed by atoms with Gasteiger partial charge >= 0.3 is 11.9 Å². The number of fused-ring (bicyclic) bond motifs is 1. The van der Waals surface area contributed by atoms with Crippen molar-refractivity contribution < 1.29 is 19.4 Å². The van der Waals surface area contributed by atoms with Gasteiger partial charge in [0, 0.05) is 11.7 Å². The molecule has 0 saturated heterocycles. The predicted molar refractivity (Wildman–Crippen MR) is 70.4 cm³/mol. The van der Waals surface area contributed by atoms with Gasteiger partial charge in [0.15, 0.2) is 0 Å². The number of carbonyl (C=O) groups excluding carboxylic acids is 1. The van der Waals surface area contributed by atoms with Crippen LogP contribution in [-0.2, 0) is 16.0 Å². The Kier molecular flexibility index (Phi) is 4.04. The van der Waals surface area contributed by atoms with Gasteiger partial charge in [0.2, 0.25) is 0 Å². The van der Waals surface area contributed by atoms with E-state index in [0.29, 0.717) is 6.42 Å². The maximum Gasteiger partial charge on any atom is 0.335 e. The maximum absolute atomic E-state index is 11.3. The topological polar surface area (TPSA) is 75.6 Å². The van der Waals surface area contributed by atoms with E-state index >= 15 is 0 Å². The molecule has 0 amide bonds. The van der Waals surface area contributed by atoms with Crippen LogP contribution in [0.3, 0.4) is 0 Å². The quantitative estimate of drug-likeness (QED) is 0.816. The monoisotopic (exact) mass is 263 g/mol. The van der Waals surface area contributed by atoms with Crippen molar-refractivity contribution >= 4 is 17.6 Å². The fraction of sp³-hybridized carbons (Fsp3) is 0.429. The summed E-state index contributed by atoms with van der Waals surface area (Å²) >= 11 is 0. The van der Waals surface area contributed by atoms with E-state index in [1.54, 1.807) is 12.1 Å². The summed E-state index contributed by atoms with van der Waals surface area (Å²) in [5.74, 6) is -1.20. The molecule has 1 aromatic rings. The molecule has 0 aromatic heterocycles. The lowest BCUT2D eigenvalue weighted by molar-refractivity contribution is -0.140. The summed E-state index contributed by atoms with van der Waals surface area (Å²) in [5, 5.41) is 12.3. The number of ether oxygens (including phenoxy) is 1. The summed E-state index contributed by atoms with van der Waals surface area (Å²) in [6, 6.07) is 5.08. The van der Waals surface area contributed by atoms with Crippen molar-refractivity contribution in [2.75, 3.05) is 12.4 Å². The number of benzene rings is 1. The number of carboxylic acid groups (broad SMARTS) is 1. The van der Waals surface area contributed by atoms with Crippen LogP contribution < -0.4 is 5.32 Å². The summed E-state index contributed by atoms with van der Waals surface area (Å²) in [4.78, 5) is 22.3. The van der Waals surface area contributed by atoms with Crippen LogP contribution in [0.1, 0.15) is 35.2 Å². The first-order chi connectivity index (χ1) is 9.10. The molecular weight excluding hydrogens is 246 g/mol. The van der Waals surface area contributed by atoms with Crippen LogP contribution >= 0.6 is 0 Å². The normalized spacial score (nSPS) is 17.8. The zero-order valence-corrected chi connectivity index (χ0v) is 10.8. The van der Waals surface area contributed by atoms with Gasteiger partial charge in [-0.1, -0.05) is 6.07 Å². The Bertz CT molecular complexity index is 498. The highest BCUT2D eigenvalue weighted by Crippen LogP contribution is 2.26. The molecule has 2 N–H and O–H groups in total. The minimum Gasteiger partial charge on any atom is -0.478 e. The van der Waals surface area contributed by atoms with Crippen LogP contribution in [-0.4, -0.2) is 30.2 Å². The van der Waals surface area contributed by atoms with Crippen molar-refractivity contribution in [1.82, 2.24) is 0 Å². The number of carbonyl (C=O) groups is 2. The van der Waals surface area contributed by atoms with E-state index in [1.165, 1.54) is 7.11 Å². The van der Waals surface area contributed by atoms with Crippen molar-refractivity contribution in [3.05, 3.63) is 29.3 Å². The van der Waals surface area contributed by atoms with Gasteiger partial charge < -0.3 is 15.2 Å². The van der Waals surface area contributed by atoms with Crippen molar-refractivity contribution in [2.45, 2.75) is 31.7 Å². The van der Waals surface area contributed by atoms with E-state index in [4.69, 9.17) is 5.11 Å². The molecule has 0 saturated carbocycles. The first-order valence-corrected chi connectivity index (χ1v) is 6.29. The second kappa shape index (κ2) is 5.73. The Hall–Kier alpha value is -2.04. The summed E-state index contributed by atoms with van der Waals surface area (Å²) in [5.41, 5.74) is 2.16. The summed E-state index contributed by atoms with van der Waals surface area (Å²) in [6.07, 6.45) is 3.02. The number of aromatic carboxylic acids is 1. The predicted octanol–water partition coefficient (Wildman–Crippen LogP) is 2.06. The van der Waals surface area contributed by atoms with Gasteiger partial charge in [0.1, 0.15) is 0 Å². The van der Waals surface area contributed by atoms with E-state index in [2.05, 4.69) is 10.1 Å². The van der Waals surface area contributed by atoms with E-state index in [-0.39, 0.29) is 17.6 Å². The summed E-state index contributed by atoms with van der Waals surface area (Å²) in [6.45, 7) is 0. The number of nitrogens with one attached hydrogen (secondary N) is 1. The average molecular weight is 263 g/mol. The van der Waals surface area contributed by atoms with Crippen molar-refractivity contribution in [3.8, 4) is 0 Å². The molecule has 1 unspecified atom stereocenters. The summed E-state index contributed by atoms with van der Waals surface area (Å²) in [7, 11) is 1.37. The Morgan fingerprint density at radius 1 is 1.47 bits per heavy atom. The van der Waals surface area contributed by atoms with E-state index in [9.17, 15) is 9.59 Å². The number of hydrogen-bond acceptors (Lipinski definition) is 4. The number of methoxy groups -OCH3 is 1. The third-order valence-corrected chi connectivity index (χ3v) is 3.36. The third kappa shape index (κ3) is 3.24. The second-order valence-corrected chi connectivity index (χ2v) is 4.69. The minimum absolute atomic E-state index is 0.00209.